The maximum atomic E-state index is 12.6. The second-order valence-electron chi connectivity index (χ2n) is 6.20. The fourth-order valence-electron chi connectivity index (χ4n) is 2.91. The molecular formula is C21H17BrN4O2. The summed E-state index contributed by atoms with van der Waals surface area (Å²) in [7, 11) is 0. The van der Waals surface area contributed by atoms with Crippen LogP contribution in [0.1, 0.15) is 18.6 Å². The number of aromatic nitrogens is 3. The molecule has 0 radical (unpaired) electrons. The van der Waals surface area contributed by atoms with Gasteiger partial charge in [-0.05, 0) is 24.6 Å². The number of nitrogens with one attached hydrogen (secondary N) is 1. The highest BCUT2D eigenvalue weighted by Gasteiger charge is 2.19. The fraction of sp³-hybridized carbons (Fsp3) is 0.0952. The van der Waals surface area contributed by atoms with E-state index in [0.717, 1.165) is 15.6 Å². The van der Waals surface area contributed by atoms with Crippen LogP contribution < -0.4 is 5.32 Å². The van der Waals surface area contributed by atoms with Gasteiger partial charge in [0, 0.05) is 22.4 Å². The van der Waals surface area contributed by atoms with Crippen molar-refractivity contribution in [2.45, 2.75) is 13.0 Å². The number of imidazole rings is 1. The summed E-state index contributed by atoms with van der Waals surface area (Å²) in [4.78, 5) is 21.3. The Labute approximate surface area is 170 Å². The summed E-state index contributed by atoms with van der Waals surface area (Å²) in [5.41, 5.74) is 3.07. The molecule has 0 unspecified atom stereocenters. The van der Waals surface area contributed by atoms with Gasteiger partial charge in [0.15, 0.2) is 5.65 Å². The molecule has 1 amide bonds. The number of benzene rings is 2. The minimum absolute atomic E-state index is 0.377. The largest absolute Gasteiger partial charge is 0.441 e. The van der Waals surface area contributed by atoms with E-state index in [1.807, 2.05) is 61.5 Å². The van der Waals surface area contributed by atoms with Crippen LogP contribution in [-0.2, 0) is 4.74 Å². The van der Waals surface area contributed by atoms with Crippen molar-refractivity contribution < 1.29 is 9.53 Å². The summed E-state index contributed by atoms with van der Waals surface area (Å²) < 4.78 is 8.30. The minimum atomic E-state index is -0.548. The summed E-state index contributed by atoms with van der Waals surface area (Å²) in [6.45, 7) is 1.84. The first kappa shape index (κ1) is 18.2. The minimum Gasteiger partial charge on any atom is -0.441 e. The average Bonchev–Trinajstić information content (AvgIpc) is 3.07. The van der Waals surface area contributed by atoms with Crippen LogP contribution in [0.5, 0.6) is 0 Å². The Hall–Kier alpha value is -3.19. The maximum Gasteiger partial charge on any atom is 0.413 e. The van der Waals surface area contributed by atoms with Crippen molar-refractivity contribution in [2.24, 2.45) is 0 Å². The van der Waals surface area contributed by atoms with Crippen molar-refractivity contribution in [3.05, 3.63) is 83.2 Å². The van der Waals surface area contributed by atoms with Crippen LogP contribution in [0.25, 0.3) is 16.9 Å². The van der Waals surface area contributed by atoms with Gasteiger partial charge in [-0.2, -0.15) is 0 Å². The number of carbonyl (C=O) groups excluding carboxylic acids is 1. The van der Waals surface area contributed by atoms with Crippen molar-refractivity contribution in [1.29, 1.82) is 0 Å². The zero-order chi connectivity index (χ0) is 19.5. The van der Waals surface area contributed by atoms with Gasteiger partial charge in [-0.25, -0.2) is 9.78 Å². The number of anilines is 1. The van der Waals surface area contributed by atoms with E-state index in [9.17, 15) is 4.79 Å². The molecule has 0 aliphatic carbocycles. The molecule has 0 saturated heterocycles. The van der Waals surface area contributed by atoms with E-state index in [4.69, 9.17) is 4.74 Å². The van der Waals surface area contributed by atoms with Crippen molar-refractivity contribution in [3.8, 4) is 11.3 Å². The van der Waals surface area contributed by atoms with Crippen molar-refractivity contribution in [2.75, 3.05) is 5.32 Å². The van der Waals surface area contributed by atoms with Crippen molar-refractivity contribution in [1.82, 2.24) is 14.4 Å². The van der Waals surface area contributed by atoms with Crippen LogP contribution in [0.2, 0.25) is 0 Å². The molecule has 2 aromatic heterocycles. The van der Waals surface area contributed by atoms with Gasteiger partial charge in [0.25, 0.3) is 0 Å². The first-order valence-electron chi connectivity index (χ1n) is 8.72. The molecular weight excluding hydrogens is 420 g/mol. The van der Waals surface area contributed by atoms with Crippen LogP contribution >= 0.6 is 15.9 Å². The van der Waals surface area contributed by atoms with Crippen LogP contribution in [-0.4, -0.2) is 20.5 Å². The van der Waals surface area contributed by atoms with Crippen LogP contribution in [0.15, 0.2) is 77.7 Å². The van der Waals surface area contributed by atoms with Crippen molar-refractivity contribution in [3.63, 3.8) is 0 Å². The second kappa shape index (κ2) is 7.82. The topological polar surface area (TPSA) is 68.5 Å². The van der Waals surface area contributed by atoms with Crippen LogP contribution in [0.4, 0.5) is 10.6 Å². The Morgan fingerprint density at radius 3 is 2.64 bits per heavy atom. The third kappa shape index (κ3) is 3.75. The Kier molecular flexibility index (Phi) is 5.08. The third-order valence-corrected chi connectivity index (χ3v) is 4.85. The first-order valence-corrected chi connectivity index (χ1v) is 9.52. The number of halogens is 1. The van der Waals surface area contributed by atoms with Gasteiger partial charge in [-0.15, -0.1) is 0 Å². The lowest BCUT2D eigenvalue weighted by molar-refractivity contribution is 0.121. The Morgan fingerprint density at radius 2 is 1.89 bits per heavy atom. The Morgan fingerprint density at radius 1 is 1.14 bits per heavy atom. The standard InChI is InChI=1S/C21H17BrN4O2/c1-14(15-5-3-2-4-6-15)28-21(27)25-20-19(16-7-9-17(22)10-8-16)24-18-13-23-11-12-26(18)20/h2-14H,1H3,(H,25,27)/t14-/m1/s1. The zero-order valence-corrected chi connectivity index (χ0v) is 16.6. The highest BCUT2D eigenvalue weighted by Crippen LogP contribution is 2.30. The molecule has 0 fully saturated rings. The number of hydrogen-bond donors (Lipinski definition) is 1. The molecule has 0 saturated carbocycles. The Balaban J connectivity index is 1.64. The summed E-state index contributed by atoms with van der Waals surface area (Å²) in [5, 5.41) is 2.85. The highest BCUT2D eigenvalue weighted by molar-refractivity contribution is 9.10. The van der Waals surface area contributed by atoms with Crippen molar-refractivity contribution >= 4 is 33.5 Å². The van der Waals surface area contributed by atoms with E-state index in [-0.39, 0.29) is 6.10 Å². The molecule has 140 valence electrons. The highest BCUT2D eigenvalue weighted by atomic mass is 79.9. The van der Waals surface area contributed by atoms with Gasteiger partial charge >= 0.3 is 6.09 Å². The zero-order valence-electron chi connectivity index (χ0n) is 15.0. The van der Waals surface area contributed by atoms with Crippen LogP contribution in [0.3, 0.4) is 0 Å². The van der Waals surface area contributed by atoms with E-state index in [1.165, 1.54) is 0 Å². The molecule has 7 heteroatoms. The monoisotopic (exact) mass is 436 g/mol. The van der Waals surface area contributed by atoms with E-state index in [1.54, 1.807) is 23.0 Å². The van der Waals surface area contributed by atoms with Gasteiger partial charge in [0.2, 0.25) is 0 Å². The molecule has 4 aromatic rings. The molecule has 1 N–H and O–H groups in total. The second-order valence-corrected chi connectivity index (χ2v) is 7.12. The molecule has 0 spiro atoms. The molecule has 0 bridgehead atoms. The SMILES string of the molecule is C[C@@H](OC(=O)Nc1c(-c2ccc(Br)cc2)nc2cnccn12)c1ccccc1. The first-order chi connectivity index (χ1) is 13.6. The molecule has 2 heterocycles. The van der Waals surface area contributed by atoms with Gasteiger partial charge in [-0.3, -0.25) is 14.7 Å². The van der Waals surface area contributed by atoms with E-state index in [2.05, 4.69) is 31.2 Å². The number of ether oxygens (including phenoxy) is 1. The lowest BCUT2D eigenvalue weighted by Crippen LogP contribution is -2.17. The fourth-order valence-corrected chi connectivity index (χ4v) is 3.18. The number of nitrogens with zero attached hydrogens (tertiary/aromatic N) is 3. The smallest absolute Gasteiger partial charge is 0.413 e. The lowest BCUT2D eigenvalue weighted by Gasteiger charge is -2.14. The molecule has 4 rings (SSSR count). The van der Waals surface area contributed by atoms with Gasteiger partial charge in [-0.1, -0.05) is 58.4 Å². The number of amides is 1. The van der Waals surface area contributed by atoms with Gasteiger partial charge in [0.05, 0.1) is 6.20 Å². The number of fused-ring (bicyclic) bond motifs is 1. The quantitative estimate of drug-likeness (QED) is 0.460. The van der Waals surface area contributed by atoms with E-state index in [0.29, 0.717) is 17.2 Å². The molecule has 1 atom stereocenters. The third-order valence-electron chi connectivity index (χ3n) is 4.32. The normalized spacial score (nSPS) is 11.9. The van der Waals surface area contributed by atoms with Gasteiger partial charge < -0.3 is 4.74 Å². The maximum absolute atomic E-state index is 12.6. The molecule has 28 heavy (non-hydrogen) atoms. The van der Waals surface area contributed by atoms with E-state index >= 15 is 0 Å². The lowest BCUT2D eigenvalue weighted by atomic mass is 10.1. The van der Waals surface area contributed by atoms with E-state index < -0.39 is 6.09 Å². The summed E-state index contributed by atoms with van der Waals surface area (Å²) in [5.74, 6) is 0.532. The number of rotatable bonds is 4. The average molecular weight is 437 g/mol. The molecule has 6 nitrogen and oxygen atoms in total. The summed E-state index contributed by atoms with van der Waals surface area (Å²) in [6, 6.07) is 17.3. The predicted molar refractivity (Wildman–Crippen MR) is 111 cm³/mol. The molecule has 2 aromatic carbocycles. The number of carbonyl (C=O) groups is 1. The number of hydrogen-bond acceptors (Lipinski definition) is 4. The van der Waals surface area contributed by atoms with Crippen LogP contribution in [0, 0.1) is 0 Å². The predicted octanol–water partition coefficient (Wildman–Crippen LogP) is 5.47. The molecule has 0 aliphatic rings. The Bertz CT molecular complexity index is 1110. The summed E-state index contributed by atoms with van der Waals surface area (Å²) in [6.07, 6.45) is 4.11. The molecule has 0 aliphatic heterocycles. The van der Waals surface area contributed by atoms with Gasteiger partial charge in [0.1, 0.15) is 17.6 Å². The summed E-state index contributed by atoms with van der Waals surface area (Å²) >= 11 is 3.44.